The van der Waals surface area contributed by atoms with Crippen LogP contribution in [0.2, 0.25) is 0 Å². The van der Waals surface area contributed by atoms with Crippen LogP contribution in [0.15, 0.2) is 36.4 Å². The van der Waals surface area contributed by atoms with Gasteiger partial charge >= 0.3 is 5.97 Å². The van der Waals surface area contributed by atoms with Crippen LogP contribution in [-0.2, 0) is 20.9 Å². The molecule has 0 radical (unpaired) electrons. The van der Waals surface area contributed by atoms with Gasteiger partial charge in [0.2, 0.25) is 5.91 Å². The molecule has 2 saturated heterocycles. The third-order valence-electron chi connectivity index (χ3n) is 5.68. The standard InChI is InChI=1S/C20H24N2O4/c1-13-2-4-14(5-3-13)12-21-8-10-22(11-9-21)19(23)17-15-6-7-16(26-15)18(17)20(24)25/h2-7,15-18H,8-12H2,1H3,(H,24,25)/t15-,16+,17+,18+/m1/s1. The van der Waals surface area contributed by atoms with E-state index in [0.717, 1.165) is 19.6 Å². The van der Waals surface area contributed by atoms with Crippen LogP contribution < -0.4 is 0 Å². The summed E-state index contributed by atoms with van der Waals surface area (Å²) in [5.41, 5.74) is 2.52. The Kier molecular flexibility index (Phi) is 4.54. The molecule has 0 unspecified atom stereocenters. The number of hydrogen-bond donors (Lipinski definition) is 1. The molecule has 4 atom stereocenters. The van der Waals surface area contributed by atoms with E-state index in [4.69, 9.17) is 4.74 Å². The summed E-state index contributed by atoms with van der Waals surface area (Å²) >= 11 is 0. The molecule has 1 N–H and O–H groups in total. The normalized spacial score (nSPS) is 30.7. The summed E-state index contributed by atoms with van der Waals surface area (Å²) in [5, 5.41) is 9.49. The Morgan fingerprint density at radius 2 is 1.65 bits per heavy atom. The first-order valence-electron chi connectivity index (χ1n) is 9.16. The number of ether oxygens (including phenoxy) is 1. The fourth-order valence-corrected chi connectivity index (χ4v) is 4.19. The molecule has 1 amide bonds. The highest BCUT2D eigenvalue weighted by atomic mass is 16.5. The largest absolute Gasteiger partial charge is 0.481 e. The van der Waals surface area contributed by atoms with E-state index in [2.05, 4.69) is 36.1 Å². The van der Waals surface area contributed by atoms with Crippen molar-refractivity contribution in [1.29, 1.82) is 0 Å². The molecule has 0 aliphatic carbocycles. The quantitative estimate of drug-likeness (QED) is 0.824. The van der Waals surface area contributed by atoms with Crippen molar-refractivity contribution in [2.75, 3.05) is 26.2 Å². The molecule has 2 bridgehead atoms. The van der Waals surface area contributed by atoms with Crippen LogP contribution in [0.3, 0.4) is 0 Å². The molecule has 0 saturated carbocycles. The summed E-state index contributed by atoms with van der Waals surface area (Å²) in [6.07, 6.45) is 2.75. The second-order valence-corrected chi connectivity index (χ2v) is 7.43. The third kappa shape index (κ3) is 3.15. The molecule has 4 rings (SSSR count). The summed E-state index contributed by atoms with van der Waals surface area (Å²) in [4.78, 5) is 28.7. The Labute approximate surface area is 153 Å². The topological polar surface area (TPSA) is 70.1 Å². The van der Waals surface area contributed by atoms with Crippen molar-refractivity contribution in [3.05, 3.63) is 47.5 Å². The zero-order valence-electron chi connectivity index (χ0n) is 14.9. The summed E-state index contributed by atoms with van der Waals surface area (Å²) in [6, 6.07) is 8.51. The number of carbonyl (C=O) groups excluding carboxylic acids is 1. The molecular weight excluding hydrogens is 332 g/mol. The van der Waals surface area contributed by atoms with Gasteiger partial charge in [0, 0.05) is 32.7 Å². The molecule has 0 spiro atoms. The van der Waals surface area contributed by atoms with Gasteiger partial charge in [-0.25, -0.2) is 0 Å². The van der Waals surface area contributed by atoms with Gasteiger partial charge in [-0.1, -0.05) is 42.0 Å². The summed E-state index contributed by atoms with van der Waals surface area (Å²) in [6.45, 7) is 5.82. The van der Waals surface area contributed by atoms with Gasteiger partial charge in [-0.15, -0.1) is 0 Å². The predicted molar refractivity (Wildman–Crippen MR) is 95.5 cm³/mol. The molecular formula is C20H24N2O4. The SMILES string of the molecule is Cc1ccc(CN2CCN(C(=O)[C@@H]3[C@@H](C(=O)O)[C@@H]4C=C[C@H]3O4)CC2)cc1. The minimum atomic E-state index is -0.946. The molecule has 1 aromatic carbocycles. The van der Waals surface area contributed by atoms with Gasteiger partial charge in [0.05, 0.1) is 18.1 Å². The summed E-state index contributed by atoms with van der Waals surface area (Å²) in [5.74, 6) is -2.38. The molecule has 138 valence electrons. The van der Waals surface area contributed by atoms with Gasteiger partial charge in [-0.05, 0) is 12.5 Å². The number of fused-ring (bicyclic) bond motifs is 2. The average molecular weight is 356 g/mol. The van der Waals surface area contributed by atoms with Crippen molar-refractivity contribution in [2.45, 2.75) is 25.7 Å². The lowest BCUT2D eigenvalue weighted by Crippen LogP contribution is -2.52. The van der Waals surface area contributed by atoms with Gasteiger partial charge < -0.3 is 14.7 Å². The fraction of sp³-hybridized carbons (Fsp3) is 0.500. The van der Waals surface area contributed by atoms with Crippen LogP contribution in [0.4, 0.5) is 0 Å². The smallest absolute Gasteiger partial charge is 0.310 e. The first-order valence-corrected chi connectivity index (χ1v) is 9.16. The van der Waals surface area contributed by atoms with Crippen molar-refractivity contribution in [1.82, 2.24) is 9.80 Å². The Hall–Kier alpha value is -2.18. The van der Waals surface area contributed by atoms with Crippen molar-refractivity contribution in [3.63, 3.8) is 0 Å². The highest BCUT2D eigenvalue weighted by Gasteiger charge is 2.54. The highest BCUT2D eigenvalue weighted by Crippen LogP contribution is 2.40. The molecule has 3 aliphatic rings. The van der Waals surface area contributed by atoms with Crippen LogP contribution >= 0.6 is 0 Å². The van der Waals surface area contributed by atoms with Gasteiger partial charge in [0.15, 0.2) is 0 Å². The van der Waals surface area contributed by atoms with Crippen molar-refractivity contribution in [2.24, 2.45) is 11.8 Å². The minimum Gasteiger partial charge on any atom is -0.481 e. The van der Waals surface area contributed by atoms with Crippen molar-refractivity contribution in [3.8, 4) is 0 Å². The van der Waals surface area contributed by atoms with Crippen LogP contribution in [0.5, 0.6) is 0 Å². The number of amides is 1. The number of aryl methyl sites for hydroxylation is 1. The number of carboxylic acid groups (broad SMARTS) is 1. The maximum Gasteiger partial charge on any atom is 0.310 e. The zero-order valence-corrected chi connectivity index (χ0v) is 14.9. The number of benzene rings is 1. The zero-order chi connectivity index (χ0) is 18.3. The van der Waals surface area contributed by atoms with Crippen molar-refractivity contribution >= 4 is 11.9 Å². The van der Waals surface area contributed by atoms with E-state index in [9.17, 15) is 14.7 Å². The van der Waals surface area contributed by atoms with Gasteiger partial charge in [-0.3, -0.25) is 14.5 Å². The highest BCUT2D eigenvalue weighted by molar-refractivity contribution is 5.87. The van der Waals surface area contributed by atoms with Gasteiger partial charge in [0.25, 0.3) is 0 Å². The maximum absolute atomic E-state index is 12.9. The molecule has 6 nitrogen and oxygen atoms in total. The van der Waals surface area contributed by atoms with E-state index in [1.165, 1.54) is 11.1 Å². The summed E-state index contributed by atoms with van der Waals surface area (Å²) in [7, 11) is 0. The number of nitrogens with zero attached hydrogens (tertiary/aromatic N) is 2. The predicted octanol–water partition coefficient (Wildman–Crippen LogP) is 1.29. The fourth-order valence-electron chi connectivity index (χ4n) is 4.19. The number of piperazine rings is 1. The monoisotopic (exact) mass is 356 g/mol. The molecule has 0 aromatic heterocycles. The first-order chi connectivity index (χ1) is 12.5. The lowest BCUT2D eigenvalue weighted by atomic mass is 9.82. The van der Waals surface area contributed by atoms with Crippen LogP contribution in [-0.4, -0.2) is 65.2 Å². The molecule has 3 aliphatic heterocycles. The molecule has 26 heavy (non-hydrogen) atoms. The average Bonchev–Trinajstić information content (AvgIpc) is 3.25. The minimum absolute atomic E-state index is 0.0794. The molecule has 2 fully saturated rings. The number of hydrogen-bond acceptors (Lipinski definition) is 4. The van der Waals surface area contributed by atoms with E-state index in [1.54, 1.807) is 6.08 Å². The second kappa shape index (κ2) is 6.85. The number of rotatable bonds is 4. The van der Waals surface area contributed by atoms with E-state index in [1.807, 2.05) is 11.0 Å². The Bertz CT molecular complexity index is 722. The van der Waals surface area contributed by atoms with Gasteiger partial charge in [0.1, 0.15) is 5.92 Å². The first kappa shape index (κ1) is 17.2. The van der Waals surface area contributed by atoms with E-state index >= 15 is 0 Å². The Balaban J connectivity index is 1.36. The lowest BCUT2D eigenvalue weighted by molar-refractivity contribution is -0.150. The number of carbonyl (C=O) groups is 2. The lowest BCUT2D eigenvalue weighted by Gasteiger charge is -2.37. The van der Waals surface area contributed by atoms with Crippen LogP contribution in [0.25, 0.3) is 0 Å². The van der Waals surface area contributed by atoms with E-state index < -0.39 is 23.9 Å². The molecule has 1 aromatic rings. The Morgan fingerprint density at radius 3 is 2.27 bits per heavy atom. The van der Waals surface area contributed by atoms with Crippen molar-refractivity contribution < 1.29 is 19.4 Å². The number of aliphatic carboxylic acids is 1. The van der Waals surface area contributed by atoms with Gasteiger partial charge in [-0.2, -0.15) is 0 Å². The maximum atomic E-state index is 12.9. The number of carboxylic acids is 1. The molecule has 6 heteroatoms. The van der Waals surface area contributed by atoms with E-state index in [-0.39, 0.29) is 12.0 Å². The third-order valence-corrected chi connectivity index (χ3v) is 5.68. The summed E-state index contributed by atoms with van der Waals surface area (Å²) < 4.78 is 5.63. The molecule has 3 heterocycles. The van der Waals surface area contributed by atoms with Crippen LogP contribution in [0, 0.1) is 18.8 Å². The van der Waals surface area contributed by atoms with E-state index in [0.29, 0.717) is 13.1 Å². The van der Waals surface area contributed by atoms with Crippen LogP contribution in [0.1, 0.15) is 11.1 Å². The second-order valence-electron chi connectivity index (χ2n) is 7.43. The Morgan fingerprint density at radius 1 is 1.04 bits per heavy atom.